The molecule has 2 nitrogen and oxygen atoms in total. The predicted molar refractivity (Wildman–Crippen MR) is 78.9 cm³/mol. The van der Waals surface area contributed by atoms with Crippen LogP contribution in [0, 0.1) is 0 Å². The predicted octanol–water partition coefficient (Wildman–Crippen LogP) is 3.66. The summed E-state index contributed by atoms with van der Waals surface area (Å²) in [5.74, 6) is 0. The minimum Gasteiger partial charge on any atom is -0.312 e. The Bertz CT molecular complexity index is 433. The van der Waals surface area contributed by atoms with E-state index in [0.717, 1.165) is 19.5 Å². The highest BCUT2D eigenvalue weighted by Crippen LogP contribution is 2.21. The molecule has 0 saturated heterocycles. The van der Waals surface area contributed by atoms with Gasteiger partial charge in [0.1, 0.15) is 0 Å². The molecule has 17 heavy (non-hydrogen) atoms. The maximum absolute atomic E-state index is 3.99. The number of thiophene rings is 1. The van der Waals surface area contributed by atoms with Crippen molar-refractivity contribution in [3.8, 4) is 0 Å². The summed E-state index contributed by atoms with van der Waals surface area (Å²) in [5, 5.41) is 3.42. The summed E-state index contributed by atoms with van der Waals surface area (Å²) in [4.78, 5) is 5.40. The first-order chi connectivity index (χ1) is 7.84. The fourth-order valence-corrected chi connectivity index (χ4v) is 2.91. The highest BCUT2D eigenvalue weighted by Gasteiger charge is 1.97. The summed E-state index contributed by atoms with van der Waals surface area (Å²) >= 11 is 5.27. The Balaban J connectivity index is 0.00000144. The van der Waals surface area contributed by atoms with Gasteiger partial charge in [0.2, 0.25) is 0 Å². The number of halogens is 2. The van der Waals surface area contributed by atoms with Crippen LogP contribution in [0.25, 0.3) is 0 Å². The zero-order valence-electron chi connectivity index (χ0n) is 9.23. The second-order valence-corrected chi connectivity index (χ2v) is 6.04. The van der Waals surface area contributed by atoms with Crippen molar-refractivity contribution in [1.82, 2.24) is 10.3 Å². The van der Waals surface area contributed by atoms with Gasteiger partial charge in [0.05, 0.1) is 3.79 Å². The zero-order valence-corrected chi connectivity index (χ0v) is 12.4. The van der Waals surface area contributed by atoms with Crippen molar-refractivity contribution in [2.24, 2.45) is 0 Å². The van der Waals surface area contributed by atoms with E-state index in [1.165, 1.54) is 14.2 Å². The van der Waals surface area contributed by atoms with E-state index in [2.05, 4.69) is 38.4 Å². The minimum absolute atomic E-state index is 0. The van der Waals surface area contributed by atoms with Crippen LogP contribution >= 0.6 is 39.7 Å². The molecule has 0 saturated carbocycles. The van der Waals surface area contributed by atoms with Crippen molar-refractivity contribution in [1.29, 1.82) is 0 Å². The van der Waals surface area contributed by atoms with Crippen LogP contribution in [0.15, 0.2) is 40.4 Å². The van der Waals surface area contributed by atoms with Crippen LogP contribution in [0.3, 0.4) is 0 Å². The quantitative estimate of drug-likeness (QED) is 0.845. The maximum Gasteiger partial charge on any atom is 0.0701 e. The summed E-state index contributed by atoms with van der Waals surface area (Å²) in [5.41, 5.74) is 1.28. The number of pyridine rings is 1. The highest BCUT2D eigenvalue weighted by atomic mass is 79.9. The molecule has 2 aromatic rings. The Kier molecular flexibility index (Phi) is 6.73. The topological polar surface area (TPSA) is 24.9 Å². The van der Waals surface area contributed by atoms with Gasteiger partial charge < -0.3 is 5.32 Å². The van der Waals surface area contributed by atoms with Gasteiger partial charge in [0.15, 0.2) is 0 Å². The molecule has 2 rings (SSSR count). The Labute approximate surface area is 120 Å². The van der Waals surface area contributed by atoms with E-state index >= 15 is 0 Å². The second-order valence-electron chi connectivity index (χ2n) is 3.49. The number of hydrogen-bond acceptors (Lipinski definition) is 3. The Morgan fingerprint density at radius 2 is 1.94 bits per heavy atom. The summed E-state index contributed by atoms with van der Waals surface area (Å²) in [6.07, 6.45) is 4.74. The molecule has 0 bridgehead atoms. The molecule has 0 aliphatic heterocycles. The van der Waals surface area contributed by atoms with Gasteiger partial charge >= 0.3 is 0 Å². The number of nitrogens with zero attached hydrogens (tertiary/aromatic N) is 1. The molecule has 0 aromatic carbocycles. The van der Waals surface area contributed by atoms with E-state index in [1.807, 2.05) is 24.5 Å². The van der Waals surface area contributed by atoms with Gasteiger partial charge in [0.25, 0.3) is 0 Å². The molecule has 92 valence electrons. The normalized spacial score (nSPS) is 9.94. The molecule has 0 spiro atoms. The average Bonchev–Trinajstić information content (AvgIpc) is 2.72. The van der Waals surface area contributed by atoms with E-state index in [-0.39, 0.29) is 12.4 Å². The maximum atomic E-state index is 3.99. The molecule has 2 heterocycles. The van der Waals surface area contributed by atoms with Crippen molar-refractivity contribution >= 4 is 39.7 Å². The highest BCUT2D eigenvalue weighted by molar-refractivity contribution is 9.11. The fourth-order valence-electron chi connectivity index (χ4n) is 1.43. The van der Waals surface area contributed by atoms with Gasteiger partial charge in [-0.1, -0.05) is 0 Å². The van der Waals surface area contributed by atoms with Gasteiger partial charge in [-0.15, -0.1) is 23.7 Å². The molecular formula is C12H14BrClN2S. The van der Waals surface area contributed by atoms with E-state index < -0.39 is 0 Å². The summed E-state index contributed by atoms with van der Waals surface area (Å²) in [6.45, 7) is 1.92. The molecule has 2 aromatic heterocycles. The minimum atomic E-state index is 0. The smallest absolute Gasteiger partial charge is 0.0701 e. The van der Waals surface area contributed by atoms with Crippen molar-refractivity contribution in [2.75, 3.05) is 6.54 Å². The Morgan fingerprint density at radius 1 is 1.18 bits per heavy atom. The number of nitrogens with one attached hydrogen (secondary N) is 1. The standard InChI is InChI=1S/C12H13BrN2S.ClH/c13-12-2-1-11(16-12)5-8-15-9-10-3-6-14-7-4-10;/h1-4,6-7,15H,5,8-9H2;1H. The lowest BCUT2D eigenvalue weighted by Crippen LogP contribution is -2.16. The van der Waals surface area contributed by atoms with E-state index in [4.69, 9.17) is 0 Å². The van der Waals surface area contributed by atoms with Gasteiger partial charge in [0, 0.05) is 30.4 Å². The molecule has 1 N–H and O–H groups in total. The molecule has 0 atom stereocenters. The van der Waals surface area contributed by atoms with Gasteiger partial charge in [-0.05, 0) is 52.2 Å². The van der Waals surface area contributed by atoms with Crippen LogP contribution in [-0.4, -0.2) is 11.5 Å². The monoisotopic (exact) mass is 332 g/mol. The van der Waals surface area contributed by atoms with E-state index in [1.54, 1.807) is 11.3 Å². The molecule has 0 aliphatic rings. The first kappa shape index (κ1) is 14.6. The van der Waals surface area contributed by atoms with Crippen molar-refractivity contribution in [2.45, 2.75) is 13.0 Å². The van der Waals surface area contributed by atoms with E-state index in [9.17, 15) is 0 Å². The third-order valence-corrected chi connectivity index (χ3v) is 3.94. The Hall–Kier alpha value is -0.420. The van der Waals surface area contributed by atoms with Crippen molar-refractivity contribution in [3.05, 3.63) is 50.9 Å². The average molecular weight is 334 g/mol. The third-order valence-electron chi connectivity index (χ3n) is 2.26. The third kappa shape index (κ3) is 5.17. The van der Waals surface area contributed by atoms with Crippen LogP contribution < -0.4 is 5.32 Å². The van der Waals surface area contributed by atoms with Gasteiger partial charge in [-0.25, -0.2) is 0 Å². The fraction of sp³-hybridized carbons (Fsp3) is 0.250. The van der Waals surface area contributed by atoms with Crippen LogP contribution in [-0.2, 0) is 13.0 Å². The summed E-state index contributed by atoms with van der Waals surface area (Å²) in [6, 6.07) is 8.34. The molecular weight excluding hydrogens is 320 g/mol. The van der Waals surface area contributed by atoms with Gasteiger partial charge in [-0.2, -0.15) is 0 Å². The van der Waals surface area contributed by atoms with Crippen molar-refractivity contribution < 1.29 is 0 Å². The Morgan fingerprint density at radius 3 is 2.59 bits per heavy atom. The number of aromatic nitrogens is 1. The van der Waals surface area contributed by atoms with Crippen LogP contribution in [0.2, 0.25) is 0 Å². The molecule has 0 amide bonds. The van der Waals surface area contributed by atoms with Gasteiger partial charge in [-0.3, -0.25) is 4.98 Å². The molecule has 0 aliphatic carbocycles. The largest absolute Gasteiger partial charge is 0.312 e. The zero-order chi connectivity index (χ0) is 11.2. The summed E-state index contributed by atoms with van der Waals surface area (Å²) < 4.78 is 1.21. The SMILES string of the molecule is Brc1ccc(CCNCc2ccncc2)s1.Cl. The van der Waals surface area contributed by atoms with Crippen LogP contribution in [0.5, 0.6) is 0 Å². The summed E-state index contributed by atoms with van der Waals surface area (Å²) in [7, 11) is 0. The first-order valence-electron chi connectivity index (χ1n) is 5.18. The molecule has 0 radical (unpaired) electrons. The number of rotatable bonds is 5. The second kappa shape index (κ2) is 7.82. The lowest BCUT2D eigenvalue weighted by molar-refractivity contribution is 0.690. The molecule has 5 heteroatoms. The van der Waals surface area contributed by atoms with Crippen molar-refractivity contribution in [3.63, 3.8) is 0 Å². The van der Waals surface area contributed by atoms with Crippen LogP contribution in [0.1, 0.15) is 10.4 Å². The van der Waals surface area contributed by atoms with E-state index in [0.29, 0.717) is 0 Å². The lowest BCUT2D eigenvalue weighted by atomic mass is 10.2. The molecule has 0 unspecified atom stereocenters. The van der Waals surface area contributed by atoms with Crippen LogP contribution in [0.4, 0.5) is 0 Å². The number of hydrogen-bond donors (Lipinski definition) is 1. The first-order valence-corrected chi connectivity index (χ1v) is 6.79. The lowest BCUT2D eigenvalue weighted by Gasteiger charge is -2.03. The molecule has 0 fully saturated rings.